The van der Waals surface area contributed by atoms with Gasteiger partial charge in [0.2, 0.25) is 0 Å². The molecule has 0 bridgehead atoms. The van der Waals surface area contributed by atoms with Gasteiger partial charge in [0.05, 0.1) is 0 Å². The van der Waals surface area contributed by atoms with Crippen molar-refractivity contribution in [1.29, 1.82) is 0 Å². The number of H-pyrrole nitrogens is 1. The fourth-order valence-electron chi connectivity index (χ4n) is 2.67. The number of aryl methyl sites for hydroxylation is 1. The quantitative estimate of drug-likeness (QED) is 0.880. The SMILES string of the molecule is CN1CCCc2cc(CNCc3ccn[nH]3)ccc21. The van der Waals surface area contributed by atoms with Crippen molar-refractivity contribution in [3.05, 3.63) is 47.3 Å². The first-order chi connectivity index (χ1) is 9.33. The third-order valence-corrected chi connectivity index (χ3v) is 3.70. The van der Waals surface area contributed by atoms with Gasteiger partial charge in [-0.25, -0.2) is 0 Å². The normalized spacial score (nSPS) is 14.5. The Morgan fingerprint density at radius 3 is 3.11 bits per heavy atom. The molecule has 2 N–H and O–H groups in total. The molecule has 1 aliphatic rings. The Hall–Kier alpha value is -1.81. The van der Waals surface area contributed by atoms with Crippen molar-refractivity contribution in [3.8, 4) is 0 Å². The van der Waals surface area contributed by atoms with E-state index in [9.17, 15) is 0 Å². The summed E-state index contributed by atoms with van der Waals surface area (Å²) in [7, 11) is 2.17. The van der Waals surface area contributed by atoms with Crippen LogP contribution in [-0.4, -0.2) is 23.8 Å². The Kier molecular flexibility index (Phi) is 3.51. The summed E-state index contributed by atoms with van der Waals surface area (Å²) in [6.07, 6.45) is 4.24. The number of nitrogens with zero attached hydrogens (tertiary/aromatic N) is 2. The first-order valence-corrected chi connectivity index (χ1v) is 6.85. The second kappa shape index (κ2) is 5.45. The Morgan fingerprint density at radius 1 is 1.32 bits per heavy atom. The maximum absolute atomic E-state index is 3.94. The lowest BCUT2D eigenvalue weighted by molar-refractivity contribution is 0.674. The fourth-order valence-corrected chi connectivity index (χ4v) is 2.67. The number of nitrogens with one attached hydrogen (secondary N) is 2. The number of anilines is 1. The molecule has 100 valence electrons. The summed E-state index contributed by atoms with van der Waals surface area (Å²) in [6.45, 7) is 2.90. The summed E-state index contributed by atoms with van der Waals surface area (Å²) < 4.78 is 0. The average molecular weight is 256 g/mol. The summed E-state index contributed by atoms with van der Waals surface area (Å²) in [4.78, 5) is 2.35. The van der Waals surface area contributed by atoms with Crippen LogP contribution in [0.15, 0.2) is 30.5 Å². The van der Waals surface area contributed by atoms with Crippen LogP contribution >= 0.6 is 0 Å². The Morgan fingerprint density at radius 2 is 2.26 bits per heavy atom. The highest BCUT2D eigenvalue weighted by Gasteiger charge is 2.13. The Labute approximate surface area is 113 Å². The third kappa shape index (κ3) is 2.79. The Bertz CT molecular complexity index is 533. The van der Waals surface area contributed by atoms with E-state index in [-0.39, 0.29) is 0 Å². The summed E-state index contributed by atoms with van der Waals surface area (Å²) in [6, 6.07) is 8.81. The molecule has 19 heavy (non-hydrogen) atoms. The molecule has 0 fully saturated rings. The third-order valence-electron chi connectivity index (χ3n) is 3.70. The highest BCUT2D eigenvalue weighted by Crippen LogP contribution is 2.26. The van der Waals surface area contributed by atoms with E-state index in [1.165, 1.54) is 36.2 Å². The van der Waals surface area contributed by atoms with Crippen LogP contribution in [-0.2, 0) is 19.5 Å². The number of fused-ring (bicyclic) bond motifs is 1. The minimum atomic E-state index is 0.830. The van der Waals surface area contributed by atoms with Crippen LogP contribution in [0.4, 0.5) is 5.69 Å². The topological polar surface area (TPSA) is 44.0 Å². The van der Waals surface area contributed by atoms with Crippen LogP contribution in [0.25, 0.3) is 0 Å². The lowest BCUT2D eigenvalue weighted by Crippen LogP contribution is -2.24. The molecule has 0 saturated heterocycles. The number of hydrogen-bond donors (Lipinski definition) is 2. The molecule has 1 aliphatic heterocycles. The smallest absolute Gasteiger partial charge is 0.0490 e. The van der Waals surface area contributed by atoms with E-state index in [1.807, 2.05) is 6.07 Å². The summed E-state index contributed by atoms with van der Waals surface area (Å²) in [5, 5.41) is 10.3. The van der Waals surface area contributed by atoms with Gasteiger partial charge in [0.25, 0.3) is 0 Å². The van der Waals surface area contributed by atoms with Gasteiger partial charge in [0.1, 0.15) is 0 Å². The van der Waals surface area contributed by atoms with Crippen LogP contribution in [0.5, 0.6) is 0 Å². The van der Waals surface area contributed by atoms with Gasteiger partial charge >= 0.3 is 0 Å². The molecule has 4 nitrogen and oxygen atoms in total. The van der Waals surface area contributed by atoms with Crippen LogP contribution in [0.3, 0.4) is 0 Å². The van der Waals surface area contributed by atoms with Crippen molar-refractivity contribution in [2.45, 2.75) is 25.9 Å². The number of benzene rings is 1. The highest BCUT2D eigenvalue weighted by atomic mass is 15.1. The van der Waals surface area contributed by atoms with E-state index in [0.717, 1.165) is 18.8 Å². The lowest BCUT2D eigenvalue weighted by atomic mass is 9.99. The zero-order valence-electron chi connectivity index (χ0n) is 11.3. The van der Waals surface area contributed by atoms with Gasteiger partial charge in [0, 0.05) is 44.3 Å². The van der Waals surface area contributed by atoms with Gasteiger partial charge < -0.3 is 10.2 Å². The highest BCUT2D eigenvalue weighted by molar-refractivity contribution is 5.56. The molecule has 1 aromatic carbocycles. The molecule has 0 unspecified atom stereocenters. The van der Waals surface area contributed by atoms with Gasteiger partial charge in [0.15, 0.2) is 0 Å². The summed E-state index contributed by atoms with van der Waals surface area (Å²) >= 11 is 0. The first-order valence-electron chi connectivity index (χ1n) is 6.85. The second-order valence-corrected chi connectivity index (χ2v) is 5.17. The minimum absolute atomic E-state index is 0.830. The summed E-state index contributed by atoms with van der Waals surface area (Å²) in [5.74, 6) is 0. The van der Waals surface area contributed by atoms with E-state index in [0.29, 0.717) is 0 Å². The maximum Gasteiger partial charge on any atom is 0.0490 e. The van der Waals surface area contributed by atoms with E-state index in [2.05, 4.69) is 45.7 Å². The van der Waals surface area contributed by atoms with Crippen molar-refractivity contribution in [3.63, 3.8) is 0 Å². The molecule has 1 aromatic heterocycles. The van der Waals surface area contributed by atoms with Gasteiger partial charge in [-0.05, 0) is 36.1 Å². The average Bonchev–Trinajstić information content (AvgIpc) is 2.92. The predicted octanol–water partition coefficient (Wildman–Crippen LogP) is 2.08. The molecular formula is C15H20N4. The van der Waals surface area contributed by atoms with E-state index in [1.54, 1.807) is 6.20 Å². The summed E-state index contributed by atoms with van der Waals surface area (Å²) in [5.41, 5.74) is 5.35. The molecule has 2 heterocycles. The zero-order valence-corrected chi connectivity index (χ0v) is 11.3. The van der Waals surface area contributed by atoms with Crippen molar-refractivity contribution >= 4 is 5.69 Å². The van der Waals surface area contributed by atoms with Crippen LogP contribution < -0.4 is 10.2 Å². The largest absolute Gasteiger partial charge is 0.374 e. The number of aromatic amines is 1. The lowest BCUT2D eigenvalue weighted by Gasteiger charge is -2.27. The molecule has 0 saturated carbocycles. The monoisotopic (exact) mass is 256 g/mol. The van der Waals surface area contributed by atoms with Crippen molar-refractivity contribution in [2.75, 3.05) is 18.5 Å². The van der Waals surface area contributed by atoms with Crippen LogP contribution in [0, 0.1) is 0 Å². The molecule has 3 rings (SSSR count). The van der Waals surface area contributed by atoms with Gasteiger partial charge in [-0.1, -0.05) is 12.1 Å². The minimum Gasteiger partial charge on any atom is -0.374 e. The molecule has 0 radical (unpaired) electrons. The molecule has 4 heteroatoms. The van der Waals surface area contributed by atoms with E-state index >= 15 is 0 Å². The standard InChI is InChI=1S/C15H20N4/c1-19-8-2-3-13-9-12(4-5-15(13)19)10-16-11-14-6-7-17-18-14/h4-7,9,16H,2-3,8,10-11H2,1H3,(H,17,18). The van der Waals surface area contributed by atoms with Crippen LogP contribution in [0.2, 0.25) is 0 Å². The maximum atomic E-state index is 3.94. The van der Waals surface area contributed by atoms with Gasteiger partial charge in [-0.3, -0.25) is 5.10 Å². The second-order valence-electron chi connectivity index (χ2n) is 5.17. The number of rotatable bonds is 4. The molecule has 2 aromatic rings. The fraction of sp³-hybridized carbons (Fsp3) is 0.400. The number of aromatic nitrogens is 2. The predicted molar refractivity (Wildman–Crippen MR) is 77.2 cm³/mol. The van der Waals surface area contributed by atoms with E-state index in [4.69, 9.17) is 0 Å². The molecule has 0 spiro atoms. The number of hydrogen-bond acceptors (Lipinski definition) is 3. The van der Waals surface area contributed by atoms with Crippen LogP contribution in [0.1, 0.15) is 23.2 Å². The van der Waals surface area contributed by atoms with Gasteiger partial charge in [-0.15, -0.1) is 0 Å². The van der Waals surface area contributed by atoms with Gasteiger partial charge in [-0.2, -0.15) is 5.10 Å². The van der Waals surface area contributed by atoms with Crippen molar-refractivity contribution in [2.24, 2.45) is 0 Å². The van der Waals surface area contributed by atoms with Crippen molar-refractivity contribution in [1.82, 2.24) is 15.5 Å². The van der Waals surface area contributed by atoms with Crippen molar-refractivity contribution < 1.29 is 0 Å². The molecule has 0 aliphatic carbocycles. The zero-order chi connectivity index (χ0) is 13.1. The molecule has 0 atom stereocenters. The Balaban J connectivity index is 1.62. The first kappa shape index (κ1) is 12.2. The van der Waals surface area contributed by atoms with E-state index < -0.39 is 0 Å². The molecular weight excluding hydrogens is 236 g/mol. The molecule has 0 amide bonds.